The third-order valence-electron chi connectivity index (χ3n) is 3.13. The Hall–Kier alpha value is -0.610. The van der Waals surface area contributed by atoms with E-state index in [1.165, 1.54) is 8.66 Å². The van der Waals surface area contributed by atoms with Crippen molar-refractivity contribution >= 4 is 57.2 Å². The maximum absolute atomic E-state index is 5.15. The van der Waals surface area contributed by atoms with Crippen molar-refractivity contribution in [2.75, 3.05) is 13.6 Å². The van der Waals surface area contributed by atoms with Crippen molar-refractivity contribution in [3.8, 4) is 0 Å². The van der Waals surface area contributed by atoms with E-state index in [1.807, 2.05) is 13.8 Å². The van der Waals surface area contributed by atoms with Gasteiger partial charge in [0.05, 0.1) is 9.48 Å². The van der Waals surface area contributed by atoms with E-state index in [9.17, 15) is 0 Å². The molecule has 0 aromatic carbocycles. The van der Waals surface area contributed by atoms with Gasteiger partial charge in [0.2, 0.25) is 0 Å². The molecule has 2 N–H and O–H groups in total. The smallest absolute Gasteiger partial charge is 0.191 e. The zero-order valence-corrected chi connectivity index (χ0v) is 17.5. The summed E-state index contributed by atoms with van der Waals surface area (Å²) in [6, 6.07) is 4.21. The predicted molar refractivity (Wildman–Crippen MR) is 105 cm³/mol. The first kappa shape index (κ1) is 19.4. The Morgan fingerprint density at radius 1 is 1.36 bits per heavy atom. The molecule has 0 aliphatic carbocycles. The number of aliphatic imine (C=N–C) groups is 1. The normalized spacial score (nSPS) is 11.2. The second-order valence-corrected chi connectivity index (χ2v) is 7.16. The molecule has 0 bridgehead atoms. The molecule has 0 amide bonds. The van der Waals surface area contributed by atoms with Crippen molar-refractivity contribution in [1.29, 1.82) is 0 Å². The van der Waals surface area contributed by atoms with Gasteiger partial charge in [0.1, 0.15) is 5.76 Å². The van der Waals surface area contributed by atoms with Crippen LogP contribution in [0.1, 0.15) is 21.9 Å². The van der Waals surface area contributed by atoms with E-state index in [0.29, 0.717) is 6.54 Å². The minimum absolute atomic E-state index is 0. The number of thiophene rings is 1. The molecule has 0 aliphatic heterocycles. The lowest BCUT2D eigenvalue weighted by atomic mass is 10.2. The third kappa shape index (κ3) is 5.54. The Labute approximate surface area is 160 Å². The number of halogens is 2. The van der Waals surface area contributed by atoms with E-state index in [-0.39, 0.29) is 24.0 Å². The quantitative estimate of drug-likeness (QED) is 0.375. The Morgan fingerprint density at radius 3 is 2.68 bits per heavy atom. The van der Waals surface area contributed by atoms with Gasteiger partial charge in [0.15, 0.2) is 5.96 Å². The first-order valence-corrected chi connectivity index (χ1v) is 8.31. The molecule has 2 heterocycles. The summed E-state index contributed by atoms with van der Waals surface area (Å²) in [6.45, 7) is 5.36. The minimum Gasteiger partial charge on any atom is -0.361 e. The molecule has 0 saturated heterocycles. The van der Waals surface area contributed by atoms with E-state index in [1.54, 1.807) is 18.4 Å². The van der Waals surface area contributed by atoms with Crippen molar-refractivity contribution in [2.45, 2.75) is 26.8 Å². The molecule has 5 nitrogen and oxygen atoms in total. The van der Waals surface area contributed by atoms with E-state index in [2.05, 4.69) is 48.8 Å². The molecule has 0 spiro atoms. The summed E-state index contributed by atoms with van der Waals surface area (Å²) in [6.07, 6.45) is 0.974. The van der Waals surface area contributed by atoms with Crippen molar-refractivity contribution in [3.63, 3.8) is 0 Å². The topological polar surface area (TPSA) is 62.5 Å². The Balaban J connectivity index is 0.00000242. The molecule has 2 aromatic heterocycles. The van der Waals surface area contributed by atoms with Crippen LogP contribution >= 0.6 is 51.2 Å². The maximum Gasteiger partial charge on any atom is 0.191 e. The van der Waals surface area contributed by atoms with Crippen molar-refractivity contribution in [3.05, 3.63) is 37.8 Å². The standard InChI is InChI=1S/C14H19BrN4OS.HI/c1-9-12(10(2)20-19-9)8-18-14(16-3)17-7-6-11-4-5-13(15)21-11;/h4-5H,6-8H2,1-3H3,(H2,16,17,18);1H. The highest BCUT2D eigenvalue weighted by Crippen LogP contribution is 2.22. The van der Waals surface area contributed by atoms with Gasteiger partial charge in [-0.15, -0.1) is 35.3 Å². The highest BCUT2D eigenvalue weighted by atomic mass is 127. The van der Waals surface area contributed by atoms with Crippen LogP contribution in [0.2, 0.25) is 0 Å². The summed E-state index contributed by atoms with van der Waals surface area (Å²) >= 11 is 5.23. The van der Waals surface area contributed by atoms with Gasteiger partial charge in [-0.3, -0.25) is 4.99 Å². The fraction of sp³-hybridized carbons (Fsp3) is 0.429. The first-order chi connectivity index (χ1) is 10.1. The van der Waals surface area contributed by atoms with Gasteiger partial charge < -0.3 is 15.2 Å². The summed E-state index contributed by atoms with van der Waals surface area (Å²) < 4.78 is 6.31. The average molecular weight is 499 g/mol. The van der Waals surface area contributed by atoms with Crippen molar-refractivity contribution < 1.29 is 4.52 Å². The van der Waals surface area contributed by atoms with Gasteiger partial charge in [0.25, 0.3) is 0 Å². The highest BCUT2D eigenvalue weighted by molar-refractivity contribution is 14.0. The zero-order chi connectivity index (χ0) is 15.2. The van der Waals surface area contributed by atoms with Crippen LogP contribution in [-0.4, -0.2) is 24.7 Å². The van der Waals surface area contributed by atoms with Crippen LogP contribution in [0.3, 0.4) is 0 Å². The lowest BCUT2D eigenvalue weighted by Crippen LogP contribution is -2.38. The number of nitrogens with one attached hydrogen (secondary N) is 2. The lowest BCUT2D eigenvalue weighted by molar-refractivity contribution is 0.392. The molecule has 0 saturated carbocycles. The number of aryl methyl sites for hydroxylation is 2. The summed E-state index contributed by atoms with van der Waals surface area (Å²) in [7, 11) is 1.77. The van der Waals surface area contributed by atoms with Gasteiger partial charge in [-0.05, 0) is 48.3 Å². The van der Waals surface area contributed by atoms with Gasteiger partial charge in [0, 0.05) is 30.6 Å². The largest absolute Gasteiger partial charge is 0.361 e. The molecular weight excluding hydrogens is 479 g/mol. The van der Waals surface area contributed by atoms with E-state index < -0.39 is 0 Å². The SMILES string of the molecule is CN=C(NCCc1ccc(Br)s1)NCc1c(C)noc1C.I. The number of aromatic nitrogens is 1. The van der Waals surface area contributed by atoms with Crippen LogP contribution in [0.5, 0.6) is 0 Å². The maximum atomic E-state index is 5.15. The summed E-state index contributed by atoms with van der Waals surface area (Å²) in [5.74, 6) is 1.63. The van der Waals surface area contributed by atoms with Crippen LogP contribution in [0.4, 0.5) is 0 Å². The molecule has 8 heteroatoms. The molecule has 0 radical (unpaired) electrons. The zero-order valence-electron chi connectivity index (χ0n) is 12.8. The molecule has 22 heavy (non-hydrogen) atoms. The van der Waals surface area contributed by atoms with Gasteiger partial charge in [-0.1, -0.05) is 5.16 Å². The van der Waals surface area contributed by atoms with E-state index in [4.69, 9.17) is 4.52 Å². The Morgan fingerprint density at radius 2 is 2.14 bits per heavy atom. The minimum atomic E-state index is 0. The highest BCUT2D eigenvalue weighted by Gasteiger charge is 2.09. The summed E-state index contributed by atoms with van der Waals surface area (Å²) in [5.41, 5.74) is 2.00. The van der Waals surface area contributed by atoms with Gasteiger partial charge in [-0.25, -0.2) is 0 Å². The second kappa shape index (κ2) is 9.51. The molecule has 2 aromatic rings. The van der Waals surface area contributed by atoms with Crippen LogP contribution in [0.15, 0.2) is 25.4 Å². The third-order valence-corrected chi connectivity index (χ3v) is 4.81. The summed E-state index contributed by atoms with van der Waals surface area (Å²) in [4.78, 5) is 5.56. The van der Waals surface area contributed by atoms with Crippen LogP contribution in [0, 0.1) is 13.8 Å². The Kier molecular flexibility index (Phi) is 8.40. The van der Waals surface area contributed by atoms with Gasteiger partial charge in [-0.2, -0.15) is 0 Å². The predicted octanol–water partition coefficient (Wildman–Crippen LogP) is 3.64. The van der Waals surface area contributed by atoms with E-state index in [0.717, 1.165) is 35.9 Å². The lowest BCUT2D eigenvalue weighted by Gasteiger charge is -2.11. The number of hydrogen-bond donors (Lipinski definition) is 2. The fourth-order valence-corrected chi connectivity index (χ4v) is 3.42. The molecular formula is C14H20BrIN4OS. The molecule has 2 rings (SSSR count). The second-order valence-electron chi connectivity index (χ2n) is 4.61. The molecule has 122 valence electrons. The molecule has 0 unspecified atom stereocenters. The number of guanidine groups is 1. The number of hydrogen-bond acceptors (Lipinski definition) is 4. The van der Waals surface area contributed by atoms with Crippen molar-refractivity contribution in [2.24, 2.45) is 4.99 Å². The van der Waals surface area contributed by atoms with Crippen LogP contribution < -0.4 is 10.6 Å². The summed E-state index contributed by atoms with van der Waals surface area (Å²) in [5, 5.41) is 10.5. The number of rotatable bonds is 5. The molecule has 0 fully saturated rings. The average Bonchev–Trinajstić information content (AvgIpc) is 3.01. The van der Waals surface area contributed by atoms with E-state index >= 15 is 0 Å². The fourth-order valence-electron chi connectivity index (χ4n) is 1.94. The first-order valence-electron chi connectivity index (χ1n) is 6.70. The van der Waals surface area contributed by atoms with Crippen LogP contribution in [0.25, 0.3) is 0 Å². The number of nitrogens with zero attached hydrogens (tertiary/aromatic N) is 2. The van der Waals surface area contributed by atoms with Crippen LogP contribution in [-0.2, 0) is 13.0 Å². The Bertz CT molecular complexity index is 607. The molecule has 0 aliphatic rings. The molecule has 0 atom stereocenters. The van der Waals surface area contributed by atoms with Gasteiger partial charge >= 0.3 is 0 Å². The monoisotopic (exact) mass is 498 g/mol. The van der Waals surface area contributed by atoms with Crippen molar-refractivity contribution in [1.82, 2.24) is 15.8 Å².